The highest BCUT2D eigenvalue weighted by molar-refractivity contribution is 5.77. The van der Waals surface area contributed by atoms with Gasteiger partial charge < -0.3 is 19.3 Å². The highest BCUT2D eigenvalue weighted by atomic mass is 16.5. The number of ether oxygens (including phenoxy) is 3. The number of rotatable bonds is 2. The van der Waals surface area contributed by atoms with Gasteiger partial charge in [0.05, 0.1) is 31.9 Å². The Morgan fingerprint density at radius 3 is 2.75 bits per heavy atom. The predicted octanol–water partition coefficient (Wildman–Crippen LogP) is 2.64. The second-order valence-corrected chi connectivity index (χ2v) is 6.60. The fraction of sp³-hybridized carbons (Fsp3) is 0.474. The average Bonchev–Trinajstić information content (AvgIpc) is 2.59. The first-order valence-corrected chi connectivity index (χ1v) is 8.38. The lowest BCUT2D eigenvalue weighted by atomic mass is 9.83. The highest BCUT2D eigenvalue weighted by Crippen LogP contribution is 2.52. The van der Waals surface area contributed by atoms with Crippen LogP contribution >= 0.6 is 0 Å². The van der Waals surface area contributed by atoms with E-state index in [1.165, 1.54) is 11.1 Å². The summed E-state index contributed by atoms with van der Waals surface area (Å²) in [5.41, 5.74) is 3.50. The summed E-state index contributed by atoms with van der Waals surface area (Å²) in [6, 6.07) is 2.16. The fourth-order valence-electron chi connectivity index (χ4n) is 3.95. The van der Waals surface area contributed by atoms with E-state index in [0.29, 0.717) is 18.6 Å². The number of methoxy groups -OCH3 is 2. The first kappa shape index (κ1) is 15.5. The Kier molecular flexibility index (Phi) is 3.77. The Hall–Kier alpha value is -1.98. The second-order valence-electron chi connectivity index (χ2n) is 6.60. The second kappa shape index (κ2) is 5.83. The summed E-state index contributed by atoms with van der Waals surface area (Å²) < 4.78 is 17.5. The summed E-state index contributed by atoms with van der Waals surface area (Å²) in [7, 11) is 5.43. The molecule has 3 heterocycles. The zero-order valence-corrected chi connectivity index (χ0v) is 14.3. The van der Waals surface area contributed by atoms with Crippen molar-refractivity contribution in [1.29, 1.82) is 0 Å². The summed E-state index contributed by atoms with van der Waals surface area (Å²) in [6.07, 6.45) is 5.77. The number of nitrogens with zero attached hydrogens (tertiary/aromatic N) is 1. The van der Waals surface area contributed by atoms with Gasteiger partial charge in [0, 0.05) is 6.54 Å². The molecular formula is C19H23NO4. The molecule has 4 rings (SSSR count). The lowest BCUT2D eigenvalue weighted by Gasteiger charge is -2.42. The van der Waals surface area contributed by atoms with Gasteiger partial charge in [-0.1, -0.05) is 0 Å². The van der Waals surface area contributed by atoms with Crippen molar-refractivity contribution in [2.75, 3.05) is 27.8 Å². The molecule has 0 saturated heterocycles. The van der Waals surface area contributed by atoms with Crippen molar-refractivity contribution in [2.24, 2.45) is 0 Å². The molecule has 0 amide bonds. The minimum atomic E-state index is -0.384. The van der Waals surface area contributed by atoms with E-state index < -0.39 is 0 Å². The average molecular weight is 329 g/mol. The van der Waals surface area contributed by atoms with Crippen LogP contribution in [0, 0.1) is 0 Å². The summed E-state index contributed by atoms with van der Waals surface area (Å²) in [5.74, 6) is 3.10. The van der Waals surface area contributed by atoms with Crippen molar-refractivity contribution in [1.82, 2.24) is 4.90 Å². The zero-order chi connectivity index (χ0) is 16.8. The van der Waals surface area contributed by atoms with Gasteiger partial charge in [-0.25, -0.2) is 0 Å². The smallest absolute Gasteiger partial charge is 0.172 e. The third-order valence-corrected chi connectivity index (χ3v) is 5.15. The first-order chi connectivity index (χ1) is 11.6. The number of benzene rings is 1. The molecular weight excluding hydrogens is 306 g/mol. The van der Waals surface area contributed by atoms with Crippen molar-refractivity contribution in [3.63, 3.8) is 0 Å². The van der Waals surface area contributed by atoms with E-state index in [-0.39, 0.29) is 12.1 Å². The molecule has 2 atom stereocenters. The Morgan fingerprint density at radius 1 is 1.21 bits per heavy atom. The van der Waals surface area contributed by atoms with E-state index in [9.17, 15) is 5.11 Å². The molecule has 128 valence electrons. The van der Waals surface area contributed by atoms with Gasteiger partial charge in [-0.3, -0.25) is 4.90 Å². The molecule has 1 N–H and O–H groups in total. The molecule has 3 aliphatic rings. The predicted molar refractivity (Wildman–Crippen MR) is 91.0 cm³/mol. The van der Waals surface area contributed by atoms with Crippen LogP contribution in [-0.4, -0.2) is 43.9 Å². The molecule has 2 bridgehead atoms. The highest BCUT2D eigenvalue weighted by Gasteiger charge is 2.40. The normalized spacial score (nSPS) is 27.7. The van der Waals surface area contributed by atoms with E-state index in [4.69, 9.17) is 14.2 Å². The zero-order valence-electron chi connectivity index (χ0n) is 14.3. The van der Waals surface area contributed by atoms with Gasteiger partial charge in [-0.15, -0.1) is 0 Å². The van der Waals surface area contributed by atoms with E-state index >= 15 is 0 Å². The third kappa shape index (κ3) is 2.23. The number of likely N-dealkylation sites (N-methyl/N-ethyl adjacent to an activating group) is 1. The maximum absolute atomic E-state index is 10.1. The first-order valence-electron chi connectivity index (χ1n) is 8.38. The SMILES string of the molecule is COc1cc2c3c(c1OC)/C1=C\C[C@H](O)CC=C(O1)[C@H]3N(C)CC2. The van der Waals surface area contributed by atoms with Crippen LogP contribution in [0.2, 0.25) is 0 Å². The van der Waals surface area contributed by atoms with Crippen LogP contribution in [0.1, 0.15) is 35.6 Å². The maximum atomic E-state index is 10.1. The van der Waals surface area contributed by atoms with E-state index in [1.54, 1.807) is 14.2 Å². The summed E-state index contributed by atoms with van der Waals surface area (Å²) in [6.45, 7) is 0.953. The van der Waals surface area contributed by atoms with Gasteiger partial charge in [0.25, 0.3) is 0 Å². The quantitative estimate of drug-likeness (QED) is 0.904. The molecule has 5 nitrogen and oxygen atoms in total. The minimum absolute atomic E-state index is 0.0611. The molecule has 0 spiro atoms. The van der Waals surface area contributed by atoms with E-state index in [2.05, 4.69) is 18.0 Å². The topological polar surface area (TPSA) is 51.2 Å². The lowest BCUT2D eigenvalue weighted by molar-refractivity contribution is 0.159. The number of hydrogen-bond donors (Lipinski definition) is 1. The standard InChI is InChI=1S/C19H23NO4/c1-20-9-8-11-10-15(22-2)19(23-3)17-13-6-4-12(21)5-7-14(24-13)18(20)16(11)17/h6-7,10,12,18,21H,4-5,8-9H2,1-3H3/b13-6+,14-7?/t12-,18+/m0/s1. The van der Waals surface area contributed by atoms with Crippen LogP contribution in [0.5, 0.6) is 11.5 Å². The van der Waals surface area contributed by atoms with Crippen LogP contribution in [-0.2, 0) is 11.2 Å². The molecule has 0 radical (unpaired) electrons. The Balaban J connectivity index is 2.03. The molecule has 1 aromatic rings. The number of aliphatic hydroxyl groups excluding tert-OH is 1. The largest absolute Gasteiger partial charge is 0.493 e. The van der Waals surface area contributed by atoms with Crippen LogP contribution in [0.3, 0.4) is 0 Å². The van der Waals surface area contributed by atoms with Crippen molar-refractivity contribution in [3.8, 4) is 11.5 Å². The van der Waals surface area contributed by atoms with Crippen LogP contribution in [0.25, 0.3) is 5.76 Å². The Morgan fingerprint density at radius 2 is 2.00 bits per heavy atom. The molecule has 1 aromatic carbocycles. The number of aliphatic hydroxyl groups is 1. The van der Waals surface area contributed by atoms with E-state index in [1.807, 2.05) is 12.2 Å². The molecule has 3 aliphatic heterocycles. The molecule has 0 aromatic heterocycles. The van der Waals surface area contributed by atoms with Crippen molar-refractivity contribution < 1.29 is 19.3 Å². The molecule has 5 heteroatoms. The lowest BCUT2D eigenvalue weighted by Crippen LogP contribution is -2.37. The van der Waals surface area contributed by atoms with Crippen LogP contribution in [0.4, 0.5) is 0 Å². The monoisotopic (exact) mass is 329 g/mol. The third-order valence-electron chi connectivity index (χ3n) is 5.15. The number of hydrogen-bond acceptors (Lipinski definition) is 5. The molecule has 0 saturated carbocycles. The summed E-state index contributed by atoms with van der Waals surface area (Å²) in [5, 5.41) is 10.1. The minimum Gasteiger partial charge on any atom is -0.493 e. The molecule has 0 fully saturated rings. The summed E-state index contributed by atoms with van der Waals surface area (Å²) in [4.78, 5) is 2.30. The van der Waals surface area contributed by atoms with Gasteiger partial charge in [-0.05, 0) is 55.7 Å². The van der Waals surface area contributed by atoms with Crippen molar-refractivity contribution in [2.45, 2.75) is 31.4 Å². The van der Waals surface area contributed by atoms with Crippen molar-refractivity contribution in [3.05, 3.63) is 40.7 Å². The molecule has 0 unspecified atom stereocenters. The van der Waals surface area contributed by atoms with Gasteiger partial charge >= 0.3 is 0 Å². The Bertz CT molecular complexity index is 737. The molecule has 0 aliphatic carbocycles. The molecule has 24 heavy (non-hydrogen) atoms. The van der Waals surface area contributed by atoms with Gasteiger partial charge in [0.2, 0.25) is 0 Å². The van der Waals surface area contributed by atoms with E-state index in [0.717, 1.165) is 35.8 Å². The number of fused-ring (bicyclic) bond motifs is 4. The van der Waals surface area contributed by atoms with Gasteiger partial charge in [-0.2, -0.15) is 0 Å². The van der Waals surface area contributed by atoms with Crippen LogP contribution in [0.15, 0.2) is 24.0 Å². The van der Waals surface area contributed by atoms with Gasteiger partial charge in [0.15, 0.2) is 11.5 Å². The van der Waals surface area contributed by atoms with Crippen molar-refractivity contribution >= 4 is 5.76 Å². The maximum Gasteiger partial charge on any atom is 0.172 e. The van der Waals surface area contributed by atoms with Gasteiger partial charge in [0.1, 0.15) is 11.5 Å². The Labute approximate surface area is 142 Å². The summed E-state index contributed by atoms with van der Waals surface area (Å²) >= 11 is 0. The van der Waals surface area contributed by atoms with Crippen LogP contribution < -0.4 is 9.47 Å². The fourth-order valence-corrected chi connectivity index (χ4v) is 3.95.